The summed E-state index contributed by atoms with van der Waals surface area (Å²) in [5, 5.41) is 25.0. The molecule has 2 saturated heterocycles. The zero-order valence-corrected chi connectivity index (χ0v) is 39.6. The zero-order valence-electron chi connectivity index (χ0n) is 38.0. The third-order valence-corrected chi connectivity index (χ3v) is 12.6. The fourth-order valence-corrected chi connectivity index (χ4v) is 9.04. The number of benzene rings is 2. The van der Waals surface area contributed by atoms with E-state index >= 15 is 4.39 Å². The van der Waals surface area contributed by atoms with Crippen LogP contribution in [0.2, 0.25) is 0 Å². The van der Waals surface area contributed by atoms with Crippen LogP contribution in [0, 0.1) is 29.5 Å². The SMILES string of the molecule is Cc1ncsc1-c1ccc(CNC(=O)[C@@H]2C[C@@H](O)CN2C(=O)[C@@H](NC(=O)COCCOCCOc2ccc(N3C(=S)N(c4ccc(C#N)c(C(F)(F)F)c4F)C(=O)C3(C)C)cn2)C(C)(C)C)cc1. The number of aliphatic hydroxyl groups excluding tert-OH is 1. The van der Waals surface area contributed by atoms with Crippen molar-refractivity contribution in [3.05, 3.63) is 88.4 Å². The Morgan fingerprint density at radius 2 is 1.72 bits per heavy atom. The molecule has 0 saturated carbocycles. The van der Waals surface area contributed by atoms with Gasteiger partial charge in [0, 0.05) is 25.6 Å². The molecular weight excluding hydrogens is 933 g/mol. The summed E-state index contributed by atoms with van der Waals surface area (Å²) in [6, 6.07) is 11.7. The summed E-state index contributed by atoms with van der Waals surface area (Å²) >= 11 is 7.02. The van der Waals surface area contributed by atoms with Crippen LogP contribution in [0.5, 0.6) is 5.88 Å². The van der Waals surface area contributed by atoms with Crippen LogP contribution in [0.3, 0.4) is 0 Å². The number of amides is 4. The molecule has 0 bridgehead atoms. The van der Waals surface area contributed by atoms with Crippen molar-refractivity contribution < 1.29 is 56.1 Å². The number of carbonyl (C=O) groups excluding carboxylic acids is 4. The van der Waals surface area contributed by atoms with Crippen molar-refractivity contribution in [2.75, 3.05) is 49.4 Å². The number of aliphatic hydroxyl groups is 1. The van der Waals surface area contributed by atoms with Crippen molar-refractivity contribution in [1.29, 1.82) is 5.26 Å². The molecule has 3 atom stereocenters. The van der Waals surface area contributed by atoms with E-state index in [9.17, 15) is 37.5 Å². The first-order chi connectivity index (χ1) is 32.0. The Morgan fingerprint density at radius 3 is 2.34 bits per heavy atom. The number of likely N-dealkylation sites (tertiary alicyclic amines) is 1. The Kier molecular flexibility index (Phi) is 15.9. The lowest BCUT2D eigenvalue weighted by atomic mass is 9.85. The quantitative estimate of drug-likeness (QED) is 0.0664. The van der Waals surface area contributed by atoms with Gasteiger partial charge in [-0.05, 0) is 67.7 Å². The number of anilines is 2. The standard InChI is InChI=1S/C46H50F4N8O8S2/c1-26-38(68-25-54-26)28-9-7-27(8-10-28)21-53-40(61)33-19-31(59)23-56(33)41(62)39(44(2,3)4)55-34(60)24-65-16-15-64-17-18-66-35-14-12-30(22-52-35)58-43(67)57(42(63)45(58,5)6)32-13-11-29(20-51)36(37(32)47)46(48,49)50/h7-14,22,25,31,33,39,59H,15-19,21,23-24H2,1-6H3,(H,53,61)(H,55,60)/t31-,33+,39-/m1/s1. The molecule has 2 aromatic heterocycles. The van der Waals surface area contributed by atoms with Crippen LogP contribution < -0.4 is 25.2 Å². The van der Waals surface area contributed by atoms with E-state index in [2.05, 4.69) is 20.6 Å². The van der Waals surface area contributed by atoms with Gasteiger partial charge in [-0.15, -0.1) is 11.3 Å². The Hall–Kier alpha value is -6.12. The Morgan fingerprint density at radius 1 is 1.03 bits per heavy atom. The predicted molar refractivity (Wildman–Crippen MR) is 246 cm³/mol. The fourth-order valence-electron chi connectivity index (χ4n) is 7.71. The van der Waals surface area contributed by atoms with E-state index in [0.29, 0.717) is 4.90 Å². The molecule has 4 heterocycles. The molecular formula is C46H50F4N8O8S2. The number of hydrogen-bond acceptors (Lipinski definition) is 13. The lowest BCUT2D eigenvalue weighted by Gasteiger charge is -2.35. The second-order valence-electron chi connectivity index (χ2n) is 17.6. The maximum atomic E-state index is 15.4. The van der Waals surface area contributed by atoms with Gasteiger partial charge in [0.05, 0.1) is 71.2 Å². The van der Waals surface area contributed by atoms with E-state index in [1.165, 1.54) is 48.0 Å². The molecule has 0 aliphatic carbocycles. The monoisotopic (exact) mass is 982 g/mol. The lowest BCUT2D eigenvalue weighted by molar-refractivity contribution is -0.144. The number of ether oxygens (including phenoxy) is 3. The van der Waals surface area contributed by atoms with Gasteiger partial charge in [0.1, 0.15) is 36.4 Å². The number of β-amino-alcohol motifs (C(OH)–C–C–N with tert-alkyl or cyclic N) is 1. The maximum Gasteiger partial charge on any atom is 0.420 e. The minimum absolute atomic E-state index is 0.0217. The van der Waals surface area contributed by atoms with Crippen LogP contribution in [-0.4, -0.2) is 112 Å². The largest absolute Gasteiger partial charge is 0.475 e. The normalized spacial score (nSPS) is 17.6. The molecule has 22 heteroatoms. The number of aromatic nitrogens is 2. The average Bonchev–Trinajstić information content (AvgIpc) is 3.94. The Bertz CT molecular complexity index is 2560. The summed E-state index contributed by atoms with van der Waals surface area (Å²) in [7, 11) is 0. The third-order valence-electron chi connectivity index (χ3n) is 11.2. The number of thiazole rings is 1. The highest BCUT2D eigenvalue weighted by Crippen LogP contribution is 2.42. The second-order valence-corrected chi connectivity index (χ2v) is 18.8. The first-order valence-corrected chi connectivity index (χ1v) is 22.6. The average molecular weight is 983 g/mol. The van der Waals surface area contributed by atoms with Crippen LogP contribution in [-0.2, 0) is 41.4 Å². The topological polar surface area (TPSA) is 200 Å². The van der Waals surface area contributed by atoms with E-state index in [1.54, 1.807) is 37.6 Å². The van der Waals surface area contributed by atoms with Gasteiger partial charge in [-0.2, -0.15) is 18.4 Å². The number of nitrogens with zero attached hydrogens (tertiary/aromatic N) is 6. The van der Waals surface area contributed by atoms with Gasteiger partial charge in [0.25, 0.3) is 5.91 Å². The van der Waals surface area contributed by atoms with Crippen LogP contribution in [0.15, 0.2) is 60.2 Å². The van der Waals surface area contributed by atoms with E-state index in [0.717, 1.165) is 33.8 Å². The maximum absolute atomic E-state index is 15.4. The summed E-state index contributed by atoms with van der Waals surface area (Å²) in [5.74, 6) is -3.95. The molecule has 68 heavy (non-hydrogen) atoms. The first kappa shape index (κ1) is 51.3. The van der Waals surface area contributed by atoms with Crippen molar-refractivity contribution >= 4 is 63.7 Å². The van der Waals surface area contributed by atoms with Crippen LogP contribution in [0.1, 0.15) is 63.4 Å². The molecule has 3 N–H and O–H groups in total. The van der Waals surface area contributed by atoms with Gasteiger partial charge < -0.3 is 39.8 Å². The number of hydrogen-bond donors (Lipinski definition) is 3. The number of carbonyl (C=O) groups is 4. The van der Waals surface area contributed by atoms with Crippen LogP contribution in [0.4, 0.5) is 28.9 Å². The molecule has 4 amide bonds. The minimum Gasteiger partial charge on any atom is -0.475 e. The number of rotatable bonds is 17. The number of aryl methyl sites for hydroxylation is 1. The molecule has 6 rings (SSSR count). The summed E-state index contributed by atoms with van der Waals surface area (Å²) in [6.45, 7) is 10.2. The highest BCUT2D eigenvalue weighted by molar-refractivity contribution is 7.81. The lowest BCUT2D eigenvalue weighted by Crippen LogP contribution is -2.58. The minimum atomic E-state index is -5.21. The van der Waals surface area contributed by atoms with Crippen molar-refractivity contribution in [1.82, 2.24) is 25.5 Å². The summed E-state index contributed by atoms with van der Waals surface area (Å²) in [4.78, 5) is 66.7. The molecule has 0 unspecified atom stereocenters. The molecule has 2 aromatic carbocycles. The highest BCUT2D eigenvalue weighted by Gasteiger charge is 2.52. The van der Waals surface area contributed by atoms with Crippen molar-refractivity contribution in [2.45, 2.75) is 84.4 Å². The number of pyridine rings is 1. The van der Waals surface area contributed by atoms with Crippen LogP contribution >= 0.6 is 23.6 Å². The Balaban J connectivity index is 0.929. The van der Waals surface area contributed by atoms with E-state index in [1.807, 2.05) is 31.2 Å². The van der Waals surface area contributed by atoms with E-state index in [4.69, 9.17) is 31.7 Å². The summed E-state index contributed by atoms with van der Waals surface area (Å²) in [6.07, 6.45) is -4.76. The number of nitrogens with one attached hydrogen (secondary N) is 2. The van der Waals surface area contributed by atoms with E-state index in [-0.39, 0.29) is 69.2 Å². The first-order valence-electron chi connectivity index (χ1n) is 21.3. The number of thiocarbonyl (C=S) groups is 1. The fraction of sp³-hybridized carbons (Fsp3) is 0.435. The van der Waals surface area contributed by atoms with Gasteiger partial charge in [-0.1, -0.05) is 45.0 Å². The predicted octanol–water partition coefficient (Wildman–Crippen LogP) is 5.68. The highest BCUT2D eigenvalue weighted by atomic mass is 32.1. The van der Waals surface area contributed by atoms with Gasteiger partial charge in [-0.3, -0.25) is 24.1 Å². The number of nitriles is 1. The molecule has 0 spiro atoms. The summed E-state index contributed by atoms with van der Waals surface area (Å²) in [5.41, 5.74) is -0.868. The summed E-state index contributed by atoms with van der Waals surface area (Å²) < 4.78 is 73.2. The number of alkyl halides is 3. The second kappa shape index (κ2) is 21.0. The molecule has 2 aliphatic rings. The van der Waals surface area contributed by atoms with Crippen molar-refractivity contribution in [3.63, 3.8) is 0 Å². The molecule has 2 aliphatic heterocycles. The molecule has 4 aromatic rings. The van der Waals surface area contributed by atoms with Crippen molar-refractivity contribution in [3.8, 4) is 22.4 Å². The van der Waals surface area contributed by atoms with Gasteiger partial charge in [0.2, 0.25) is 23.6 Å². The molecule has 16 nitrogen and oxygen atoms in total. The number of halogens is 4. The molecule has 2 fully saturated rings. The van der Waals surface area contributed by atoms with Gasteiger partial charge >= 0.3 is 6.18 Å². The van der Waals surface area contributed by atoms with E-state index < -0.39 is 81.6 Å². The van der Waals surface area contributed by atoms with Crippen molar-refractivity contribution in [2.24, 2.45) is 5.41 Å². The molecule has 362 valence electrons. The van der Waals surface area contributed by atoms with Crippen LogP contribution in [0.25, 0.3) is 10.4 Å². The zero-order chi connectivity index (χ0) is 49.7. The Labute approximate surface area is 399 Å². The molecule has 0 radical (unpaired) electrons. The smallest absolute Gasteiger partial charge is 0.420 e. The third kappa shape index (κ3) is 11.4. The van der Waals surface area contributed by atoms with Gasteiger partial charge in [0.15, 0.2) is 10.9 Å². The van der Waals surface area contributed by atoms with Gasteiger partial charge in [-0.25, -0.2) is 14.4 Å².